The summed E-state index contributed by atoms with van der Waals surface area (Å²) in [4.78, 5) is 11.8. The van der Waals surface area contributed by atoms with Crippen molar-refractivity contribution in [3.8, 4) is 5.75 Å². The third kappa shape index (κ3) is 5.28. The molecular formula is C17H19NO3. The molecule has 0 fully saturated rings. The van der Waals surface area contributed by atoms with Crippen molar-refractivity contribution < 1.29 is 14.6 Å². The van der Waals surface area contributed by atoms with Crippen molar-refractivity contribution in [3.63, 3.8) is 0 Å². The fraction of sp³-hybridized carbons (Fsp3) is 0.235. The van der Waals surface area contributed by atoms with Crippen LogP contribution in [-0.2, 0) is 11.2 Å². The van der Waals surface area contributed by atoms with Gasteiger partial charge >= 0.3 is 0 Å². The molecule has 1 amide bonds. The Bertz CT molecular complexity index is 552. The second-order valence-corrected chi connectivity index (χ2v) is 4.63. The lowest BCUT2D eigenvalue weighted by atomic mass is 10.1. The molecule has 0 saturated heterocycles. The molecule has 0 bridgehead atoms. The van der Waals surface area contributed by atoms with E-state index in [1.54, 1.807) is 0 Å². The number of anilines is 1. The first-order chi connectivity index (χ1) is 10.3. The van der Waals surface area contributed by atoms with E-state index in [1.165, 1.54) is 0 Å². The molecule has 2 aromatic carbocycles. The Balaban J connectivity index is 1.74. The van der Waals surface area contributed by atoms with E-state index in [-0.39, 0.29) is 12.5 Å². The minimum atomic E-state index is -0.0826. The van der Waals surface area contributed by atoms with Crippen LogP contribution in [0.25, 0.3) is 0 Å². The lowest BCUT2D eigenvalue weighted by Gasteiger charge is -2.08. The summed E-state index contributed by atoms with van der Waals surface area (Å²) in [6.07, 6.45) is 0.923. The Morgan fingerprint density at radius 1 is 1.05 bits per heavy atom. The summed E-state index contributed by atoms with van der Waals surface area (Å²) in [5.41, 5.74) is 1.80. The molecule has 0 spiro atoms. The van der Waals surface area contributed by atoms with Gasteiger partial charge in [0.25, 0.3) is 0 Å². The zero-order valence-corrected chi connectivity index (χ0v) is 11.8. The molecule has 0 aliphatic carbocycles. The molecule has 2 rings (SSSR count). The monoisotopic (exact) mass is 285 g/mol. The van der Waals surface area contributed by atoms with Crippen molar-refractivity contribution in [3.05, 3.63) is 60.2 Å². The molecule has 2 aromatic rings. The Labute approximate surface area is 124 Å². The Morgan fingerprint density at radius 2 is 1.76 bits per heavy atom. The minimum absolute atomic E-state index is 0.0826. The summed E-state index contributed by atoms with van der Waals surface area (Å²) >= 11 is 0. The zero-order valence-electron chi connectivity index (χ0n) is 11.8. The van der Waals surface area contributed by atoms with Gasteiger partial charge in [0, 0.05) is 12.3 Å². The van der Waals surface area contributed by atoms with Crippen LogP contribution in [0.4, 0.5) is 5.69 Å². The van der Waals surface area contributed by atoms with Crippen molar-refractivity contribution in [1.82, 2.24) is 0 Å². The molecule has 4 nitrogen and oxygen atoms in total. The number of nitrogens with one attached hydrogen (secondary N) is 1. The third-order valence-corrected chi connectivity index (χ3v) is 2.98. The van der Waals surface area contributed by atoms with Gasteiger partial charge in [-0.15, -0.1) is 0 Å². The number of carbonyl (C=O) groups is 1. The largest absolute Gasteiger partial charge is 0.493 e. The maximum absolute atomic E-state index is 11.8. The van der Waals surface area contributed by atoms with Crippen molar-refractivity contribution in [2.75, 3.05) is 18.5 Å². The highest BCUT2D eigenvalue weighted by Gasteiger charge is 2.03. The summed E-state index contributed by atoms with van der Waals surface area (Å²) in [7, 11) is 0. The van der Waals surface area contributed by atoms with E-state index in [0.29, 0.717) is 19.4 Å². The molecule has 4 heteroatoms. The number of amides is 1. The van der Waals surface area contributed by atoms with E-state index >= 15 is 0 Å². The van der Waals surface area contributed by atoms with Gasteiger partial charge in [-0.2, -0.15) is 0 Å². The Hall–Kier alpha value is -2.33. The molecular weight excluding hydrogens is 266 g/mol. The minimum Gasteiger partial charge on any atom is -0.493 e. The van der Waals surface area contributed by atoms with E-state index in [9.17, 15) is 4.79 Å². The maximum Gasteiger partial charge on any atom is 0.227 e. The lowest BCUT2D eigenvalue weighted by molar-refractivity contribution is -0.116. The van der Waals surface area contributed by atoms with Crippen LogP contribution in [0, 0.1) is 0 Å². The quantitative estimate of drug-likeness (QED) is 0.822. The second kappa shape index (κ2) is 8.07. The summed E-state index contributed by atoms with van der Waals surface area (Å²) in [6, 6.07) is 16.9. The summed E-state index contributed by atoms with van der Waals surface area (Å²) < 4.78 is 5.48. The first-order valence-electron chi connectivity index (χ1n) is 6.95. The van der Waals surface area contributed by atoms with Gasteiger partial charge in [-0.1, -0.05) is 30.3 Å². The van der Waals surface area contributed by atoms with Crippen LogP contribution in [0.5, 0.6) is 5.75 Å². The average Bonchev–Trinajstić information content (AvgIpc) is 2.51. The number of aliphatic hydroxyl groups is 1. The normalized spacial score (nSPS) is 10.1. The molecule has 21 heavy (non-hydrogen) atoms. The lowest BCUT2D eigenvalue weighted by Crippen LogP contribution is -2.15. The number of hydrogen-bond donors (Lipinski definition) is 2. The van der Waals surface area contributed by atoms with Gasteiger partial charge in [-0.25, -0.2) is 0 Å². The van der Waals surface area contributed by atoms with E-state index < -0.39 is 0 Å². The number of para-hydroxylation sites is 1. The third-order valence-electron chi connectivity index (χ3n) is 2.98. The van der Waals surface area contributed by atoms with Crippen molar-refractivity contribution in [1.29, 1.82) is 0 Å². The molecule has 0 aromatic heterocycles. The predicted octanol–water partition coefficient (Wildman–Crippen LogP) is 2.63. The molecule has 0 heterocycles. The molecule has 0 radical (unpaired) electrons. The van der Waals surface area contributed by atoms with Crippen LogP contribution in [-0.4, -0.2) is 24.2 Å². The first kappa shape index (κ1) is 15.1. The van der Waals surface area contributed by atoms with Crippen LogP contribution in [0.15, 0.2) is 54.6 Å². The molecule has 0 aliphatic heterocycles. The van der Waals surface area contributed by atoms with Gasteiger partial charge in [-0.3, -0.25) is 4.79 Å². The molecule has 0 unspecified atom stereocenters. The highest BCUT2D eigenvalue weighted by Crippen LogP contribution is 2.11. The summed E-state index contributed by atoms with van der Waals surface area (Å²) in [5, 5.41) is 11.7. The molecule has 110 valence electrons. The van der Waals surface area contributed by atoms with E-state index in [2.05, 4.69) is 5.32 Å². The zero-order chi connectivity index (χ0) is 14.9. The van der Waals surface area contributed by atoms with Gasteiger partial charge in [0.2, 0.25) is 5.91 Å². The molecule has 0 aliphatic rings. The molecule has 0 atom stereocenters. The highest BCUT2D eigenvalue weighted by atomic mass is 16.5. The SMILES string of the molecule is O=C(CCOc1ccccc1)Nc1ccc(CCO)cc1. The van der Waals surface area contributed by atoms with Gasteiger partial charge in [-0.05, 0) is 36.2 Å². The molecule has 2 N–H and O–H groups in total. The van der Waals surface area contributed by atoms with Crippen molar-refractivity contribution in [2.24, 2.45) is 0 Å². The topological polar surface area (TPSA) is 58.6 Å². The first-order valence-corrected chi connectivity index (χ1v) is 6.95. The van der Waals surface area contributed by atoms with E-state index in [0.717, 1.165) is 17.0 Å². The van der Waals surface area contributed by atoms with Crippen molar-refractivity contribution in [2.45, 2.75) is 12.8 Å². The Kier molecular flexibility index (Phi) is 5.79. The van der Waals surface area contributed by atoms with Crippen LogP contribution in [0.3, 0.4) is 0 Å². The number of ether oxygens (including phenoxy) is 1. The van der Waals surface area contributed by atoms with Crippen LogP contribution >= 0.6 is 0 Å². The number of benzene rings is 2. The van der Waals surface area contributed by atoms with E-state index in [4.69, 9.17) is 9.84 Å². The Morgan fingerprint density at radius 3 is 2.43 bits per heavy atom. The second-order valence-electron chi connectivity index (χ2n) is 4.63. The van der Waals surface area contributed by atoms with Gasteiger partial charge in [0.05, 0.1) is 13.0 Å². The highest BCUT2D eigenvalue weighted by molar-refractivity contribution is 5.90. The van der Waals surface area contributed by atoms with Crippen LogP contribution in [0.1, 0.15) is 12.0 Å². The molecule has 0 saturated carbocycles. The van der Waals surface area contributed by atoms with Gasteiger partial charge in [0.15, 0.2) is 0 Å². The number of carbonyl (C=O) groups excluding carboxylic acids is 1. The number of aliphatic hydroxyl groups excluding tert-OH is 1. The smallest absolute Gasteiger partial charge is 0.227 e. The number of hydrogen-bond acceptors (Lipinski definition) is 3. The van der Waals surface area contributed by atoms with Gasteiger partial charge < -0.3 is 15.2 Å². The fourth-order valence-electron chi connectivity index (χ4n) is 1.89. The fourth-order valence-corrected chi connectivity index (χ4v) is 1.89. The maximum atomic E-state index is 11.8. The average molecular weight is 285 g/mol. The number of rotatable bonds is 7. The summed E-state index contributed by atoms with van der Waals surface area (Å²) in [5.74, 6) is 0.680. The van der Waals surface area contributed by atoms with Gasteiger partial charge in [0.1, 0.15) is 5.75 Å². The van der Waals surface area contributed by atoms with Crippen LogP contribution < -0.4 is 10.1 Å². The van der Waals surface area contributed by atoms with E-state index in [1.807, 2.05) is 54.6 Å². The standard InChI is InChI=1S/C17H19NO3/c19-12-10-14-6-8-15(9-7-14)18-17(20)11-13-21-16-4-2-1-3-5-16/h1-9,19H,10-13H2,(H,18,20). The van der Waals surface area contributed by atoms with Crippen molar-refractivity contribution >= 4 is 11.6 Å². The predicted molar refractivity (Wildman–Crippen MR) is 82.4 cm³/mol. The van der Waals surface area contributed by atoms with Crippen LogP contribution in [0.2, 0.25) is 0 Å². The summed E-state index contributed by atoms with van der Waals surface area (Å²) in [6.45, 7) is 0.473.